The molecule has 0 amide bonds. The van der Waals surface area contributed by atoms with E-state index in [1.165, 1.54) is 0 Å². The molecule has 27 heavy (non-hydrogen) atoms. The van der Waals surface area contributed by atoms with Crippen molar-refractivity contribution in [3.8, 4) is 22.1 Å². The minimum atomic E-state index is 0.399. The van der Waals surface area contributed by atoms with Gasteiger partial charge >= 0.3 is 0 Å². The second kappa shape index (κ2) is 7.60. The van der Waals surface area contributed by atoms with Gasteiger partial charge in [-0.3, -0.25) is 4.79 Å². The molecule has 0 aliphatic heterocycles. The number of benzene rings is 3. The third kappa shape index (κ3) is 3.55. The summed E-state index contributed by atoms with van der Waals surface area (Å²) in [6.45, 7) is 0.399. The van der Waals surface area contributed by atoms with Gasteiger partial charge in [0, 0.05) is 11.1 Å². The molecule has 0 fully saturated rings. The number of para-hydroxylation sites is 1. The lowest BCUT2D eigenvalue weighted by atomic mass is 10.1. The zero-order chi connectivity index (χ0) is 18.6. The number of aldehydes is 1. The molecule has 4 nitrogen and oxygen atoms in total. The number of hydrogen-bond acceptors (Lipinski definition) is 5. The van der Waals surface area contributed by atoms with E-state index in [0.29, 0.717) is 23.7 Å². The van der Waals surface area contributed by atoms with Crippen LogP contribution in [0, 0.1) is 0 Å². The van der Waals surface area contributed by atoms with Crippen LogP contribution in [0.15, 0.2) is 66.7 Å². The topological polar surface area (TPSA) is 48.4 Å². The molecule has 134 valence electrons. The fourth-order valence-electron chi connectivity index (χ4n) is 2.85. The van der Waals surface area contributed by atoms with E-state index >= 15 is 0 Å². The van der Waals surface area contributed by atoms with E-state index in [-0.39, 0.29) is 0 Å². The number of methoxy groups -OCH3 is 1. The van der Waals surface area contributed by atoms with Crippen molar-refractivity contribution in [1.29, 1.82) is 0 Å². The van der Waals surface area contributed by atoms with E-state index in [4.69, 9.17) is 9.47 Å². The fourth-order valence-corrected chi connectivity index (χ4v) is 3.86. The van der Waals surface area contributed by atoms with Crippen molar-refractivity contribution in [1.82, 2.24) is 4.98 Å². The largest absolute Gasteiger partial charge is 0.493 e. The molecule has 0 saturated carbocycles. The van der Waals surface area contributed by atoms with E-state index in [1.807, 2.05) is 60.7 Å². The summed E-state index contributed by atoms with van der Waals surface area (Å²) in [5, 5.41) is 0.784. The quantitative estimate of drug-likeness (QED) is 0.426. The molecular weight excluding hydrogens is 358 g/mol. The van der Waals surface area contributed by atoms with Crippen LogP contribution in [0.25, 0.3) is 20.8 Å². The molecule has 1 heterocycles. The van der Waals surface area contributed by atoms with Gasteiger partial charge in [-0.2, -0.15) is 0 Å². The van der Waals surface area contributed by atoms with Crippen molar-refractivity contribution in [2.75, 3.05) is 7.11 Å². The molecule has 0 saturated heterocycles. The Kier molecular flexibility index (Phi) is 4.85. The summed E-state index contributed by atoms with van der Waals surface area (Å²) < 4.78 is 12.5. The van der Waals surface area contributed by atoms with Crippen LogP contribution in [0.4, 0.5) is 0 Å². The Morgan fingerprint density at radius 3 is 2.52 bits per heavy atom. The number of thiazole rings is 1. The van der Waals surface area contributed by atoms with Gasteiger partial charge in [-0.25, -0.2) is 4.98 Å². The molecule has 0 unspecified atom stereocenters. The summed E-state index contributed by atoms with van der Waals surface area (Å²) in [6, 6.07) is 21.3. The summed E-state index contributed by atoms with van der Waals surface area (Å²) in [6.07, 6.45) is 0.830. The molecule has 0 aliphatic rings. The lowest BCUT2D eigenvalue weighted by Crippen LogP contribution is -2.00. The van der Waals surface area contributed by atoms with Crippen molar-refractivity contribution < 1.29 is 14.3 Å². The van der Waals surface area contributed by atoms with Crippen molar-refractivity contribution in [3.63, 3.8) is 0 Å². The van der Waals surface area contributed by atoms with E-state index in [2.05, 4.69) is 4.98 Å². The molecule has 4 aromatic rings. The second-order valence-corrected chi connectivity index (χ2v) is 7.00. The van der Waals surface area contributed by atoms with Crippen LogP contribution in [0.1, 0.15) is 15.9 Å². The van der Waals surface area contributed by atoms with Crippen LogP contribution in [-0.4, -0.2) is 18.4 Å². The van der Waals surface area contributed by atoms with Crippen LogP contribution < -0.4 is 9.47 Å². The lowest BCUT2D eigenvalue weighted by Gasteiger charge is -2.13. The number of ether oxygens (including phenoxy) is 2. The first-order valence-electron chi connectivity index (χ1n) is 8.48. The number of rotatable bonds is 6. The van der Waals surface area contributed by atoms with Crippen LogP contribution in [0.5, 0.6) is 11.5 Å². The first kappa shape index (κ1) is 17.2. The van der Waals surface area contributed by atoms with Gasteiger partial charge in [-0.1, -0.05) is 42.5 Å². The Bertz CT molecular complexity index is 1060. The monoisotopic (exact) mass is 375 g/mol. The van der Waals surface area contributed by atoms with E-state index in [0.717, 1.165) is 32.6 Å². The number of aromatic nitrogens is 1. The maximum atomic E-state index is 11.7. The number of hydrogen-bond donors (Lipinski definition) is 0. The third-order valence-electron chi connectivity index (χ3n) is 4.22. The highest BCUT2D eigenvalue weighted by molar-refractivity contribution is 7.21. The van der Waals surface area contributed by atoms with Crippen LogP contribution >= 0.6 is 11.3 Å². The maximum absolute atomic E-state index is 11.7. The molecule has 0 bridgehead atoms. The van der Waals surface area contributed by atoms with Gasteiger partial charge in [-0.15, -0.1) is 11.3 Å². The van der Waals surface area contributed by atoms with Gasteiger partial charge in [0.2, 0.25) is 0 Å². The highest BCUT2D eigenvalue weighted by Gasteiger charge is 2.16. The normalized spacial score (nSPS) is 10.7. The number of nitrogens with zero attached hydrogens (tertiary/aromatic N) is 1. The molecule has 0 atom stereocenters. The number of carbonyl (C=O) groups is 1. The first-order chi connectivity index (χ1) is 13.3. The van der Waals surface area contributed by atoms with E-state index < -0.39 is 0 Å². The van der Waals surface area contributed by atoms with Crippen molar-refractivity contribution in [3.05, 3.63) is 77.9 Å². The standard InChI is InChI=1S/C22H17NO3S/c1-25-19-12-17(22-23-18-9-5-6-10-21(18)27-22)16(13-24)11-20(19)26-14-15-7-3-2-4-8-15/h2-13H,14H2,1H3. The average molecular weight is 375 g/mol. The summed E-state index contributed by atoms with van der Waals surface area (Å²) >= 11 is 1.55. The maximum Gasteiger partial charge on any atom is 0.162 e. The minimum absolute atomic E-state index is 0.399. The smallest absolute Gasteiger partial charge is 0.162 e. The Hall–Kier alpha value is -3.18. The Morgan fingerprint density at radius 1 is 1.00 bits per heavy atom. The molecular formula is C22H17NO3S. The molecule has 4 rings (SSSR count). The number of fused-ring (bicyclic) bond motifs is 1. The van der Waals surface area contributed by atoms with Gasteiger partial charge in [0.05, 0.1) is 17.3 Å². The summed E-state index contributed by atoms with van der Waals surface area (Å²) in [7, 11) is 1.59. The van der Waals surface area contributed by atoms with Crippen LogP contribution in [0.3, 0.4) is 0 Å². The summed E-state index contributed by atoms with van der Waals surface area (Å²) in [5.74, 6) is 1.11. The van der Waals surface area contributed by atoms with Crippen molar-refractivity contribution >= 4 is 27.8 Å². The third-order valence-corrected chi connectivity index (χ3v) is 5.29. The highest BCUT2D eigenvalue weighted by Crippen LogP contribution is 2.38. The predicted octanol–water partition coefficient (Wildman–Crippen LogP) is 5.36. The average Bonchev–Trinajstić information content (AvgIpc) is 3.16. The molecule has 0 spiro atoms. The highest BCUT2D eigenvalue weighted by atomic mass is 32.1. The van der Waals surface area contributed by atoms with Gasteiger partial charge in [0.15, 0.2) is 17.8 Å². The Balaban J connectivity index is 1.71. The fraction of sp³-hybridized carbons (Fsp3) is 0.0909. The van der Waals surface area contributed by atoms with E-state index in [9.17, 15) is 4.79 Å². The SMILES string of the molecule is COc1cc(-c2nc3ccccc3s2)c(C=O)cc1OCc1ccccc1. The molecule has 0 aliphatic carbocycles. The molecule has 3 aromatic carbocycles. The number of carbonyl (C=O) groups excluding carboxylic acids is 1. The first-order valence-corrected chi connectivity index (χ1v) is 9.30. The van der Waals surface area contributed by atoms with Crippen molar-refractivity contribution in [2.24, 2.45) is 0 Å². The molecule has 1 aromatic heterocycles. The molecule has 0 N–H and O–H groups in total. The minimum Gasteiger partial charge on any atom is -0.493 e. The zero-order valence-corrected chi connectivity index (χ0v) is 15.5. The zero-order valence-electron chi connectivity index (χ0n) is 14.7. The molecule has 5 heteroatoms. The van der Waals surface area contributed by atoms with Crippen LogP contribution in [0.2, 0.25) is 0 Å². The molecule has 0 radical (unpaired) electrons. The van der Waals surface area contributed by atoms with Crippen LogP contribution in [-0.2, 0) is 6.61 Å². The van der Waals surface area contributed by atoms with Gasteiger partial charge in [0.25, 0.3) is 0 Å². The Morgan fingerprint density at radius 2 is 1.78 bits per heavy atom. The van der Waals surface area contributed by atoms with Gasteiger partial charge in [0.1, 0.15) is 11.6 Å². The summed E-state index contributed by atoms with van der Waals surface area (Å²) in [5.41, 5.74) is 3.23. The van der Waals surface area contributed by atoms with Crippen molar-refractivity contribution in [2.45, 2.75) is 6.61 Å². The lowest BCUT2D eigenvalue weighted by molar-refractivity contribution is 0.112. The Labute approximate surface area is 161 Å². The summed E-state index contributed by atoms with van der Waals surface area (Å²) in [4.78, 5) is 16.4. The van der Waals surface area contributed by atoms with Gasteiger partial charge < -0.3 is 9.47 Å². The van der Waals surface area contributed by atoms with Gasteiger partial charge in [-0.05, 0) is 29.8 Å². The predicted molar refractivity (Wildman–Crippen MR) is 108 cm³/mol. The van der Waals surface area contributed by atoms with E-state index in [1.54, 1.807) is 24.5 Å². The second-order valence-electron chi connectivity index (χ2n) is 5.97.